The zero-order valence-electron chi connectivity index (χ0n) is 16.5. The molecule has 1 aliphatic heterocycles. The molecule has 0 bridgehead atoms. The van der Waals surface area contributed by atoms with Gasteiger partial charge in [-0.2, -0.15) is 5.06 Å². The first-order valence-electron chi connectivity index (χ1n) is 9.96. The SMILES string of the molecule is CCC(ON1CCCCC1Cc1ccc(F)cc1)c1cc(C)c(O)c(C)c1. The van der Waals surface area contributed by atoms with Crippen molar-refractivity contribution < 1.29 is 14.3 Å². The predicted octanol–water partition coefficient (Wildman–Crippen LogP) is 5.63. The number of phenolic OH excluding ortho intramolecular Hbond substituents is 1. The summed E-state index contributed by atoms with van der Waals surface area (Å²) in [6.07, 6.45) is 5.11. The number of rotatable bonds is 6. The van der Waals surface area contributed by atoms with Gasteiger partial charge in [-0.1, -0.05) is 25.5 Å². The Morgan fingerprint density at radius 3 is 2.44 bits per heavy atom. The number of aromatic hydroxyl groups is 1. The Morgan fingerprint density at radius 1 is 1.15 bits per heavy atom. The summed E-state index contributed by atoms with van der Waals surface area (Å²) in [5.74, 6) is 0.167. The normalized spacial score (nSPS) is 19.2. The van der Waals surface area contributed by atoms with Crippen LogP contribution in [0.25, 0.3) is 0 Å². The monoisotopic (exact) mass is 371 g/mol. The number of hydrogen-bond acceptors (Lipinski definition) is 3. The van der Waals surface area contributed by atoms with Crippen LogP contribution in [-0.2, 0) is 11.3 Å². The molecule has 27 heavy (non-hydrogen) atoms. The molecule has 3 rings (SSSR count). The van der Waals surface area contributed by atoms with Crippen molar-refractivity contribution in [3.8, 4) is 5.75 Å². The van der Waals surface area contributed by atoms with Gasteiger partial charge in [-0.25, -0.2) is 4.39 Å². The van der Waals surface area contributed by atoms with E-state index in [1.54, 1.807) is 0 Å². The number of hydroxylamine groups is 2. The van der Waals surface area contributed by atoms with Crippen molar-refractivity contribution in [2.45, 2.75) is 65.0 Å². The van der Waals surface area contributed by atoms with Crippen LogP contribution in [0.5, 0.6) is 5.75 Å². The lowest BCUT2D eigenvalue weighted by molar-refractivity contribution is -0.234. The van der Waals surface area contributed by atoms with Gasteiger partial charge in [-0.3, -0.25) is 4.84 Å². The van der Waals surface area contributed by atoms with Crippen LogP contribution in [0.2, 0.25) is 0 Å². The molecule has 0 aliphatic carbocycles. The van der Waals surface area contributed by atoms with Gasteiger partial charge in [0.1, 0.15) is 17.7 Å². The molecule has 2 aromatic carbocycles. The van der Waals surface area contributed by atoms with Crippen LogP contribution >= 0.6 is 0 Å². The first-order valence-corrected chi connectivity index (χ1v) is 9.96. The summed E-state index contributed by atoms with van der Waals surface area (Å²) < 4.78 is 13.2. The summed E-state index contributed by atoms with van der Waals surface area (Å²) in [6, 6.07) is 11.1. The molecule has 2 atom stereocenters. The van der Waals surface area contributed by atoms with Crippen LogP contribution in [0.1, 0.15) is 61.0 Å². The summed E-state index contributed by atoms with van der Waals surface area (Å²) >= 11 is 0. The van der Waals surface area contributed by atoms with Crippen molar-refractivity contribution in [1.82, 2.24) is 5.06 Å². The number of phenols is 1. The first-order chi connectivity index (χ1) is 13.0. The second-order valence-electron chi connectivity index (χ2n) is 7.63. The van der Waals surface area contributed by atoms with Gasteiger partial charge < -0.3 is 5.11 Å². The van der Waals surface area contributed by atoms with Gasteiger partial charge in [0.05, 0.1) is 0 Å². The van der Waals surface area contributed by atoms with Crippen molar-refractivity contribution >= 4 is 0 Å². The van der Waals surface area contributed by atoms with Gasteiger partial charge in [0, 0.05) is 12.6 Å². The summed E-state index contributed by atoms with van der Waals surface area (Å²) in [5.41, 5.74) is 4.01. The summed E-state index contributed by atoms with van der Waals surface area (Å²) in [4.78, 5) is 6.46. The van der Waals surface area contributed by atoms with Crippen LogP contribution in [0, 0.1) is 19.7 Å². The Labute approximate surface area is 161 Å². The molecule has 4 heteroatoms. The standard InChI is InChI=1S/C23H30FNO2/c1-4-22(19-13-16(2)23(26)17(3)14-19)27-25-12-6-5-7-21(25)15-18-8-10-20(24)11-9-18/h8-11,13-14,21-22,26H,4-7,12,15H2,1-3H3. The molecule has 3 nitrogen and oxygen atoms in total. The second-order valence-corrected chi connectivity index (χ2v) is 7.63. The lowest BCUT2D eigenvalue weighted by atomic mass is 9.97. The molecular weight excluding hydrogens is 341 g/mol. The molecule has 1 aliphatic rings. The van der Waals surface area contributed by atoms with E-state index in [4.69, 9.17) is 4.84 Å². The fraction of sp³-hybridized carbons (Fsp3) is 0.478. The maximum atomic E-state index is 13.2. The Morgan fingerprint density at radius 2 is 1.81 bits per heavy atom. The molecule has 0 radical (unpaired) electrons. The molecular formula is C23H30FNO2. The van der Waals surface area contributed by atoms with E-state index in [1.807, 2.05) is 38.1 Å². The van der Waals surface area contributed by atoms with E-state index >= 15 is 0 Å². The van der Waals surface area contributed by atoms with Crippen molar-refractivity contribution in [1.29, 1.82) is 0 Å². The van der Waals surface area contributed by atoms with E-state index in [0.717, 1.165) is 54.5 Å². The molecule has 2 aromatic rings. The highest BCUT2D eigenvalue weighted by atomic mass is 19.1. The predicted molar refractivity (Wildman–Crippen MR) is 106 cm³/mol. The zero-order valence-corrected chi connectivity index (χ0v) is 16.5. The third-order valence-corrected chi connectivity index (χ3v) is 5.48. The molecule has 0 spiro atoms. The average molecular weight is 371 g/mol. The van der Waals surface area contributed by atoms with Gasteiger partial charge in [0.25, 0.3) is 0 Å². The van der Waals surface area contributed by atoms with E-state index in [2.05, 4.69) is 12.0 Å². The maximum Gasteiger partial charge on any atom is 0.123 e. The summed E-state index contributed by atoms with van der Waals surface area (Å²) in [6.45, 7) is 6.90. The number of aryl methyl sites for hydroxylation is 2. The highest BCUT2D eigenvalue weighted by Gasteiger charge is 2.27. The van der Waals surface area contributed by atoms with Crippen LogP contribution < -0.4 is 0 Å². The average Bonchev–Trinajstić information content (AvgIpc) is 2.66. The molecule has 2 unspecified atom stereocenters. The summed E-state index contributed by atoms with van der Waals surface area (Å²) in [7, 11) is 0. The first kappa shape index (κ1) is 19.8. The molecule has 0 saturated carbocycles. The highest BCUT2D eigenvalue weighted by Crippen LogP contribution is 2.32. The van der Waals surface area contributed by atoms with Gasteiger partial charge >= 0.3 is 0 Å². The Kier molecular flexibility index (Phi) is 6.51. The van der Waals surface area contributed by atoms with Crippen molar-refractivity contribution in [3.05, 3.63) is 64.5 Å². The van der Waals surface area contributed by atoms with Crippen molar-refractivity contribution in [3.63, 3.8) is 0 Å². The smallest absolute Gasteiger partial charge is 0.123 e. The molecule has 146 valence electrons. The van der Waals surface area contributed by atoms with Crippen LogP contribution in [0.3, 0.4) is 0 Å². The summed E-state index contributed by atoms with van der Waals surface area (Å²) in [5, 5.41) is 12.2. The highest BCUT2D eigenvalue weighted by molar-refractivity contribution is 5.42. The Bertz CT molecular complexity index is 736. The lowest BCUT2D eigenvalue weighted by Gasteiger charge is -2.37. The van der Waals surface area contributed by atoms with Crippen molar-refractivity contribution in [2.75, 3.05) is 6.54 Å². The van der Waals surface area contributed by atoms with Crippen LogP contribution in [0.4, 0.5) is 4.39 Å². The minimum atomic E-state index is -0.195. The number of benzene rings is 2. The van der Waals surface area contributed by atoms with E-state index in [-0.39, 0.29) is 11.9 Å². The van der Waals surface area contributed by atoms with Crippen molar-refractivity contribution in [2.24, 2.45) is 0 Å². The van der Waals surface area contributed by atoms with E-state index in [0.29, 0.717) is 11.8 Å². The molecule has 0 aromatic heterocycles. The van der Waals surface area contributed by atoms with Crippen LogP contribution in [0.15, 0.2) is 36.4 Å². The van der Waals surface area contributed by atoms with Gasteiger partial charge in [0.2, 0.25) is 0 Å². The third-order valence-electron chi connectivity index (χ3n) is 5.48. The fourth-order valence-corrected chi connectivity index (χ4v) is 3.92. The molecule has 0 amide bonds. The topological polar surface area (TPSA) is 32.7 Å². The van der Waals surface area contributed by atoms with Gasteiger partial charge in [-0.05, 0) is 86.1 Å². The molecule has 1 heterocycles. The maximum absolute atomic E-state index is 13.2. The van der Waals surface area contributed by atoms with E-state index in [1.165, 1.54) is 18.6 Å². The zero-order chi connectivity index (χ0) is 19.4. The lowest BCUT2D eigenvalue weighted by Crippen LogP contribution is -2.41. The van der Waals surface area contributed by atoms with Crippen LogP contribution in [-0.4, -0.2) is 22.8 Å². The fourth-order valence-electron chi connectivity index (χ4n) is 3.92. The number of halogens is 1. The molecule has 1 N–H and O–H groups in total. The second kappa shape index (κ2) is 8.85. The number of nitrogens with zero attached hydrogens (tertiary/aromatic N) is 1. The number of hydrogen-bond donors (Lipinski definition) is 1. The quantitative estimate of drug-likeness (QED) is 0.714. The third kappa shape index (κ3) is 4.88. The minimum absolute atomic E-state index is 0.0307. The Balaban J connectivity index is 1.74. The minimum Gasteiger partial charge on any atom is -0.507 e. The molecule has 1 fully saturated rings. The van der Waals surface area contributed by atoms with Gasteiger partial charge in [-0.15, -0.1) is 0 Å². The van der Waals surface area contributed by atoms with Gasteiger partial charge in [0.15, 0.2) is 0 Å². The van der Waals surface area contributed by atoms with E-state index < -0.39 is 0 Å². The molecule has 1 saturated heterocycles. The van der Waals surface area contributed by atoms with E-state index in [9.17, 15) is 9.50 Å². The Hall–Kier alpha value is -1.91. The number of piperidine rings is 1. The largest absolute Gasteiger partial charge is 0.507 e.